The van der Waals surface area contributed by atoms with Gasteiger partial charge in [0.25, 0.3) is 0 Å². The molecule has 0 amide bonds. The van der Waals surface area contributed by atoms with Crippen LogP contribution in [0.2, 0.25) is 0 Å². The standard InChI is InChI=1S/C28H38N6O2/c1-19-17-25(29-13-7-15-31(3)4)23-11-10-22-21(27(23)33(19)35)9-12-24-26(30-14-8-16-32(5)6)18-20(2)34(36)28(22)24/h9-12,17-18,35-36H,7-8,13-16H2,1-6H3. The molecule has 0 radical (unpaired) electrons. The number of pyridine rings is 2. The number of nitrogens with zero attached hydrogens (tertiary/aromatic N) is 6. The molecule has 36 heavy (non-hydrogen) atoms. The van der Waals surface area contributed by atoms with Gasteiger partial charge in [0, 0.05) is 34.6 Å². The number of rotatable bonds is 8. The number of aryl methyl sites for hydroxylation is 2. The lowest BCUT2D eigenvalue weighted by molar-refractivity contribution is 0.191. The van der Waals surface area contributed by atoms with E-state index in [0.717, 1.165) is 58.2 Å². The summed E-state index contributed by atoms with van der Waals surface area (Å²) in [6.07, 6.45) is 1.93. The van der Waals surface area contributed by atoms with Crippen molar-refractivity contribution < 1.29 is 10.4 Å². The van der Waals surface area contributed by atoms with Gasteiger partial charge in [0.05, 0.1) is 33.1 Å². The second kappa shape index (κ2) is 10.7. The third kappa shape index (κ3) is 5.10. The Bertz CT molecular complexity index is 1430. The van der Waals surface area contributed by atoms with Crippen LogP contribution in [-0.4, -0.2) is 84.0 Å². The summed E-state index contributed by atoms with van der Waals surface area (Å²) in [6, 6.07) is 11.8. The molecule has 4 rings (SSSR count). The van der Waals surface area contributed by atoms with Crippen molar-refractivity contribution in [1.29, 1.82) is 0 Å². The normalized spacial score (nSPS) is 13.3. The fourth-order valence-electron chi connectivity index (χ4n) is 4.70. The molecule has 8 heteroatoms. The zero-order valence-electron chi connectivity index (χ0n) is 22.3. The first kappa shape index (κ1) is 25.7. The molecule has 2 aromatic carbocycles. The van der Waals surface area contributed by atoms with Crippen LogP contribution in [-0.2, 0) is 0 Å². The molecule has 192 valence electrons. The van der Waals surface area contributed by atoms with E-state index in [1.807, 2.05) is 50.2 Å². The van der Waals surface area contributed by atoms with Gasteiger partial charge in [-0.2, -0.15) is 9.46 Å². The average Bonchev–Trinajstić information content (AvgIpc) is 2.83. The van der Waals surface area contributed by atoms with Crippen molar-refractivity contribution in [2.45, 2.75) is 26.7 Å². The van der Waals surface area contributed by atoms with Gasteiger partial charge in [-0.3, -0.25) is 9.98 Å². The molecule has 0 saturated carbocycles. The SMILES string of the molecule is Cc1cc(=NCCCN(C)C)c2ccc3c(ccc4c(=NCCCN(C)C)cc(C)n(O)c43)c2n1O. The van der Waals surface area contributed by atoms with Crippen molar-refractivity contribution in [3.63, 3.8) is 0 Å². The fourth-order valence-corrected chi connectivity index (χ4v) is 4.70. The minimum Gasteiger partial charge on any atom is -0.428 e. The maximum atomic E-state index is 11.0. The van der Waals surface area contributed by atoms with Crippen LogP contribution in [0, 0.1) is 13.8 Å². The lowest BCUT2D eigenvalue weighted by atomic mass is 10.0. The molecular weight excluding hydrogens is 452 g/mol. The summed E-state index contributed by atoms with van der Waals surface area (Å²) in [5.41, 5.74) is 2.79. The summed E-state index contributed by atoms with van der Waals surface area (Å²) in [5.74, 6) is 0. The minimum atomic E-state index is 0.687. The molecule has 8 nitrogen and oxygen atoms in total. The highest BCUT2D eigenvalue weighted by molar-refractivity contribution is 6.14. The predicted molar refractivity (Wildman–Crippen MR) is 146 cm³/mol. The van der Waals surface area contributed by atoms with E-state index < -0.39 is 0 Å². The number of aromatic nitrogens is 2. The van der Waals surface area contributed by atoms with Crippen molar-refractivity contribution in [2.75, 3.05) is 54.4 Å². The van der Waals surface area contributed by atoms with Crippen LogP contribution in [0.5, 0.6) is 0 Å². The van der Waals surface area contributed by atoms with E-state index in [1.54, 1.807) is 0 Å². The van der Waals surface area contributed by atoms with E-state index in [-0.39, 0.29) is 0 Å². The molecule has 0 saturated heterocycles. The molecular formula is C28H38N6O2. The van der Waals surface area contributed by atoms with Crippen LogP contribution < -0.4 is 10.7 Å². The van der Waals surface area contributed by atoms with Crippen molar-refractivity contribution in [2.24, 2.45) is 9.98 Å². The number of fused-ring (bicyclic) bond motifs is 5. The Hall–Kier alpha value is -3.36. The Morgan fingerprint density at radius 2 is 1.00 bits per heavy atom. The third-order valence-corrected chi connectivity index (χ3v) is 6.57. The lowest BCUT2D eigenvalue weighted by Crippen LogP contribution is -2.16. The monoisotopic (exact) mass is 490 g/mol. The molecule has 0 atom stereocenters. The van der Waals surface area contributed by atoms with Gasteiger partial charge < -0.3 is 20.2 Å². The maximum Gasteiger partial charge on any atom is 0.0968 e. The molecule has 0 spiro atoms. The molecule has 2 N–H and O–H groups in total. The Morgan fingerprint density at radius 3 is 1.36 bits per heavy atom. The molecule has 0 aliphatic heterocycles. The first-order valence-electron chi connectivity index (χ1n) is 12.5. The van der Waals surface area contributed by atoms with Gasteiger partial charge in [0.15, 0.2) is 0 Å². The summed E-state index contributed by atoms with van der Waals surface area (Å²) in [5, 5.41) is 27.3. The quantitative estimate of drug-likeness (QED) is 0.225. The first-order chi connectivity index (χ1) is 17.2. The minimum absolute atomic E-state index is 0.687. The second-order valence-electron chi connectivity index (χ2n) is 10.1. The predicted octanol–water partition coefficient (Wildman–Crippen LogP) is 3.55. The zero-order valence-corrected chi connectivity index (χ0v) is 22.3. The van der Waals surface area contributed by atoms with E-state index in [9.17, 15) is 10.4 Å². The highest BCUT2D eigenvalue weighted by atomic mass is 16.5. The van der Waals surface area contributed by atoms with Gasteiger partial charge >= 0.3 is 0 Å². The summed E-state index contributed by atoms with van der Waals surface area (Å²) in [7, 11) is 8.24. The summed E-state index contributed by atoms with van der Waals surface area (Å²) in [4.78, 5) is 14.0. The van der Waals surface area contributed by atoms with Gasteiger partial charge in [-0.05, 0) is 92.2 Å². The first-order valence-corrected chi connectivity index (χ1v) is 12.5. The smallest absolute Gasteiger partial charge is 0.0968 e. The van der Waals surface area contributed by atoms with Gasteiger partial charge in [-0.25, -0.2) is 0 Å². The van der Waals surface area contributed by atoms with E-state index in [4.69, 9.17) is 9.98 Å². The van der Waals surface area contributed by atoms with E-state index in [0.29, 0.717) is 35.5 Å². The van der Waals surface area contributed by atoms with Crippen LogP contribution in [0.15, 0.2) is 46.4 Å². The van der Waals surface area contributed by atoms with Gasteiger partial charge in [0.1, 0.15) is 0 Å². The van der Waals surface area contributed by atoms with Crippen molar-refractivity contribution in [3.8, 4) is 0 Å². The Morgan fingerprint density at radius 1 is 0.639 bits per heavy atom. The number of benzene rings is 2. The molecule has 0 aliphatic rings. The van der Waals surface area contributed by atoms with Crippen LogP contribution in [0.1, 0.15) is 24.2 Å². The van der Waals surface area contributed by atoms with Crippen LogP contribution in [0.4, 0.5) is 0 Å². The molecule has 0 bridgehead atoms. The highest BCUT2D eigenvalue weighted by Crippen LogP contribution is 2.29. The second-order valence-corrected chi connectivity index (χ2v) is 10.1. The molecule has 4 aromatic rings. The molecule has 0 fully saturated rings. The largest absolute Gasteiger partial charge is 0.428 e. The van der Waals surface area contributed by atoms with E-state index >= 15 is 0 Å². The summed E-state index contributed by atoms with van der Waals surface area (Å²) < 4.78 is 2.46. The van der Waals surface area contributed by atoms with Crippen molar-refractivity contribution in [3.05, 3.63) is 58.5 Å². The van der Waals surface area contributed by atoms with Gasteiger partial charge in [-0.15, -0.1) is 0 Å². The Balaban J connectivity index is 1.94. The third-order valence-electron chi connectivity index (χ3n) is 6.57. The topological polar surface area (TPSA) is 81.5 Å². The maximum absolute atomic E-state index is 11.0. The van der Waals surface area contributed by atoms with Crippen LogP contribution >= 0.6 is 0 Å². The highest BCUT2D eigenvalue weighted by Gasteiger charge is 2.14. The van der Waals surface area contributed by atoms with Gasteiger partial charge in [0.2, 0.25) is 0 Å². The molecule has 0 aliphatic carbocycles. The van der Waals surface area contributed by atoms with E-state index in [2.05, 4.69) is 38.0 Å². The average molecular weight is 491 g/mol. The molecule has 2 heterocycles. The number of hydrogen-bond donors (Lipinski definition) is 2. The number of hydrogen-bond acceptors (Lipinski definition) is 6. The van der Waals surface area contributed by atoms with Crippen LogP contribution in [0.3, 0.4) is 0 Å². The van der Waals surface area contributed by atoms with Crippen molar-refractivity contribution >= 4 is 32.6 Å². The summed E-state index contributed by atoms with van der Waals surface area (Å²) >= 11 is 0. The molecule has 0 unspecified atom stereocenters. The van der Waals surface area contributed by atoms with Crippen molar-refractivity contribution in [1.82, 2.24) is 19.3 Å². The van der Waals surface area contributed by atoms with E-state index in [1.165, 1.54) is 9.46 Å². The molecule has 2 aromatic heterocycles. The van der Waals surface area contributed by atoms with Crippen LogP contribution in [0.25, 0.3) is 32.6 Å². The summed E-state index contributed by atoms with van der Waals surface area (Å²) in [6.45, 7) is 7.12. The Kier molecular flexibility index (Phi) is 7.66. The zero-order chi connectivity index (χ0) is 26.0. The fraction of sp³-hybridized carbons (Fsp3) is 0.429. The lowest BCUT2D eigenvalue weighted by Gasteiger charge is -2.15. The Labute approximate surface area is 212 Å². The van der Waals surface area contributed by atoms with Gasteiger partial charge in [-0.1, -0.05) is 12.1 Å².